The molecule has 0 amide bonds. The number of nitrogen functional groups attached to an aromatic ring is 1. The van der Waals surface area contributed by atoms with Gasteiger partial charge in [-0.1, -0.05) is 12.8 Å². The van der Waals surface area contributed by atoms with Gasteiger partial charge in [0.2, 0.25) is 5.95 Å². The fourth-order valence-electron chi connectivity index (χ4n) is 2.58. The third-order valence-electron chi connectivity index (χ3n) is 3.43. The molecule has 7 nitrogen and oxygen atoms in total. The standard InChI is InChI=1S/C12H15N5O2/c13-12-15-9-6-5-8(14-7-3-1-2-4-7)10(11(18)19)17(9)16-12/h5-7,14H,1-4H2,(H2,13,16)(H,18,19). The molecule has 1 saturated carbocycles. The second-order valence-electron chi connectivity index (χ2n) is 4.77. The molecule has 0 bridgehead atoms. The van der Waals surface area contributed by atoms with Gasteiger partial charge in [-0.3, -0.25) is 0 Å². The zero-order valence-corrected chi connectivity index (χ0v) is 10.3. The summed E-state index contributed by atoms with van der Waals surface area (Å²) in [6.45, 7) is 0. The number of hydrogen-bond acceptors (Lipinski definition) is 5. The van der Waals surface area contributed by atoms with Crippen molar-refractivity contribution in [2.75, 3.05) is 11.1 Å². The summed E-state index contributed by atoms with van der Waals surface area (Å²) in [6.07, 6.45) is 4.49. The molecule has 2 aromatic rings. The Morgan fingerprint density at radius 2 is 2.16 bits per heavy atom. The quantitative estimate of drug-likeness (QED) is 0.770. The Hall–Kier alpha value is -2.31. The van der Waals surface area contributed by atoms with Gasteiger partial charge in [0.1, 0.15) is 0 Å². The van der Waals surface area contributed by atoms with Crippen LogP contribution in [0.2, 0.25) is 0 Å². The molecule has 100 valence electrons. The molecule has 0 aromatic carbocycles. The van der Waals surface area contributed by atoms with E-state index in [1.165, 1.54) is 17.4 Å². The van der Waals surface area contributed by atoms with Crippen LogP contribution in [0.5, 0.6) is 0 Å². The van der Waals surface area contributed by atoms with Gasteiger partial charge in [0.25, 0.3) is 0 Å². The predicted molar refractivity (Wildman–Crippen MR) is 70.2 cm³/mol. The zero-order chi connectivity index (χ0) is 13.4. The number of pyridine rings is 1. The Morgan fingerprint density at radius 3 is 2.84 bits per heavy atom. The van der Waals surface area contributed by atoms with Crippen LogP contribution in [-0.2, 0) is 0 Å². The van der Waals surface area contributed by atoms with Crippen molar-refractivity contribution in [2.24, 2.45) is 0 Å². The van der Waals surface area contributed by atoms with E-state index in [0.29, 0.717) is 17.4 Å². The van der Waals surface area contributed by atoms with Crippen molar-refractivity contribution in [3.8, 4) is 0 Å². The van der Waals surface area contributed by atoms with Crippen LogP contribution in [0.25, 0.3) is 5.65 Å². The molecule has 3 rings (SSSR count). The molecule has 1 aliphatic carbocycles. The summed E-state index contributed by atoms with van der Waals surface area (Å²) < 4.78 is 1.27. The number of aromatic carboxylic acids is 1. The van der Waals surface area contributed by atoms with Crippen molar-refractivity contribution in [3.05, 3.63) is 17.8 Å². The number of carboxylic acid groups (broad SMARTS) is 1. The molecule has 0 atom stereocenters. The summed E-state index contributed by atoms with van der Waals surface area (Å²) in [7, 11) is 0. The van der Waals surface area contributed by atoms with E-state index in [1.54, 1.807) is 12.1 Å². The maximum absolute atomic E-state index is 11.4. The zero-order valence-electron chi connectivity index (χ0n) is 10.3. The number of nitrogens with zero attached hydrogens (tertiary/aromatic N) is 3. The minimum Gasteiger partial charge on any atom is -0.476 e. The molecule has 2 aromatic heterocycles. The van der Waals surface area contributed by atoms with Crippen LogP contribution in [0.4, 0.5) is 11.6 Å². The van der Waals surface area contributed by atoms with Crippen molar-refractivity contribution in [1.29, 1.82) is 0 Å². The van der Waals surface area contributed by atoms with Gasteiger partial charge in [-0.15, -0.1) is 5.10 Å². The van der Waals surface area contributed by atoms with Gasteiger partial charge in [0.15, 0.2) is 11.3 Å². The van der Waals surface area contributed by atoms with Gasteiger partial charge in [0.05, 0.1) is 5.69 Å². The van der Waals surface area contributed by atoms with Gasteiger partial charge in [-0.25, -0.2) is 9.31 Å². The minimum absolute atomic E-state index is 0.0699. The maximum atomic E-state index is 11.4. The Bertz CT molecular complexity index is 630. The van der Waals surface area contributed by atoms with E-state index >= 15 is 0 Å². The Morgan fingerprint density at radius 1 is 1.42 bits per heavy atom. The first-order valence-electron chi connectivity index (χ1n) is 6.30. The van der Waals surface area contributed by atoms with Crippen molar-refractivity contribution < 1.29 is 9.90 Å². The molecular formula is C12H15N5O2. The van der Waals surface area contributed by atoms with Gasteiger partial charge in [-0.05, 0) is 25.0 Å². The highest BCUT2D eigenvalue weighted by Crippen LogP contribution is 2.25. The number of rotatable bonds is 3. The van der Waals surface area contributed by atoms with Gasteiger partial charge < -0.3 is 16.2 Å². The largest absolute Gasteiger partial charge is 0.476 e. The number of carbonyl (C=O) groups is 1. The summed E-state index contributed by atoms with van der Waals surface area (Å²) in [5, 5.41) is 16.6. The minimum atomic E-state index is -1.05. The normalized spacial score (nSPS) is 16.0. The summed E-state index contributed by atoms with van der Waals surface area (Å²) >= 11 is 0. The van der Waals surface area contributed by atoms with Gasteiger partial charge in [-0.2, -0.15) is 4.98 Å². The molecule has 0 radical (unpaired) electrons. The number of hydrogen-bond donors (Lipinski definition) is 3. The van der Waals surface area contributed by atoms with E-state index in [2.05, 4.69) is 15.4 Å². The molecule has 19 heavy (non-hydrogen) atoms. The molecule has 1 fully saturated rings. The molecule has 4 N–H and O–H groups in total. The van der Waals surface area contributed by atoms with E-state index in [0.717, 1.165) is 12.8 Å². The van der Waals surface area contributed by atoms with Crippen LogP contribution in [-0.4, -0.2) is 31.7 Å². The Balaban J connectivity index is 2.06. The average Bonchev–Trinajstić information content (AvgIpc) is 2.96. The van der Waals surface area contributed by atoms with Crippen molar-refractivity contribution >= 4 is 23.3 Å². The molecule has 1 aliphatic rings. The molecule has 0 aliphatic heterocycles. The van der Waals surface area contributed by atoms with Crippen LogP contribution < -0.4 is 11.1 Å². The number of fused-ring (bicyclic) bond motifs is 1. The summed E-state index contributed by atoms with van der Waals surface area (Å²) in [6, 6.07) is 3.77. The molecule has 7 heteroatoms. The predicted octanol–water partition coefficient (Wildman–Crippen LogP) is 1.36. The van der Waals surface area contributed by atoms with Crippen molar-refractivity contribution in [1.82, 2.24) is 14.6 Å². The van der Waals surface area contributed by atoms with Crippen LogP contribution >= 0.6 is 0 Å². The third-order valence-corrected chi connectivity index (χ3v) is 3.43. The smallest absolute Gasteiger partial charge is 0.356 e. The SMILES string of the molecule is Nc1nc2ccc(NC3CCCC3)c(C(=O)O)n2n1. The topological polar surface area (TPSA) is 106 Å². The average molecular weight is 261 g/mol. The van der Waals surface area contributed by atoms with Gasteiger partial charge in [0, 0.05) is 6.04 Å². The lowest BCUT2D eigenvalue weighted by Gasteiger charge is -2.15. The Labute approximate surface area is 109 Å². The van der Waals surface area contributed by atoms with E-state index in [-0.39, 0.29) is 11.6 Å². The first-order valence-corrected chi connectivity index (χ1v) is 6.30. The van der Waals surface area contributed by atoms with Crippen LogP contribution in [0.15, 0.2) is 12.1 Å². The highest BCUT2D eigenvalue weighted by molar-refractivity contribution is 5.93. The van der Waals surface area contributed by atoms with Crippen LogP contribution in [0, 0.1) is 0 Å². The van der Waals surface area contributed by atoms with E-state index in [9.17, 15) is 9.90 Å². The van der Waals surface area contributed by atoms with Crippen LogP contribution in [0.3, 0.4) is 0 Å². The monoisotopic (exact) mass is 261 g/mol. The number of nitrogens with two attached hydrogens (primary N) is 1. The lowest BCUT2D eigenvalue weighted by molar-refractivity contribution is 0.0688. The first-order chi connectivity index (χ1) is 9.15. The summed E-state index contributed by atoms with van der Waals surface area (Å²) in [5.41, 5.74) is 6.60. The maximum Gasteiger partial charge on any atom is 0.356 e. The fraction of sp³-hybridized carbons (Fsp3) is 0.417. The summed E-state index contributed by atoms with van der Waals surface area (Å²) in [4.78, 5) is 15.4. The number of nitrogens with one attached hydrogen (secondary N) is 1. The fourth-order valence-corrected chi connectivity index (χ4v) is 2.58. The second-order valence-corrected chi connectivity index (χ2v) is 4.77. The van der Waals surface area contributed by atoms with E-state index in [1.807, 2.05) is 0 Å². The van der Waals surface area contributed by atoms with E-state index < -0.39 is 5.97 Å². The summed E-state index contributed by atoms with van der Waals surface area (Å²) in [5.74, 6) is -0.975. The molecule has 0 unspecified atom stereocenters. The number of carboxylic acids is 1. The second kappa shape index (κ2) is 4.42. The lowest BCUT2D eigenvalue weighted by Crippen LogP contribution is -2.19. The van der Waals surface area contributed by atoms with Gasteiger partial charge >= 0.3 is 5.97 Å². The highest BCUT2D eigenvalue weighted by Gasteiger charge is 2.21. The molecule has 0 saturated heterocycles. The molecule has 0 spiro atoms. The van der Waals surface area contributed by atoms with Crippen molar-refractivity contribution in [3.63, 3.8) is 0 Å². The van der Waals surface area contributed by atoms with E-state index in [4.69, 9.17) is 5.73 Å². The van der Waals surface area contributed by atoms with Crippen molar-refractivity contribution in [2.45, 2.75) is 31.7 Å². The Kier molecular flexibility index (Phi) is 2.73. The lowest BCUT2D eigenvalue weighted by atomic mass is 10.2. The third kappa shape index (κ3) is 2.07. The molecular weight excluding hydrogens is 246 g/mol. The highest BCUT2D eigenvalue weighted by atomic mass is 16.4. The molecule has 2 heterocycles. The number of aromatic nitrogens is 3. The van der Waals surface area contributed by atoms with Crippen LogP contribution in [0.1, 0.15) is 36.2 Å². The first kappa shape index (κ1) is 11.8. The number of anilines is 2.